The summed E-state index contributed by atoms with van der Waals surface area (Å²) >= 11 is 0. The van der Waals surface area contributed by atoms with Gasteiger partial charge in [0.2, 0.25) is 5.91 Å². The highest BCUT2D eigenvalue weighted by atomic mass is 28.4. The van der Waals surface area contributed by atoms with Crippen LogP contribution < -0.4 is 21.4 Å². The first-order valence-electron chi connectivity index (χ1n) is 12.8. The molecule has 1 unspecified atom stereocenters. The third-order valence-electron chi connectivity index (χ3n) is 6.10. The van der Waals surface area contributed by atoms with Crippen LogP contribution in [-0.2, 0) is 18.7 Å². The lowest BCUT2D eigenvalue weighted by atomic mass is 10.2. The normalized spacial score (nSPS) is 13.1. The summed E-state index contributed by atoms with van der Waals surface area (Å²) in [7, 11) is 1.39. The number of nitrogens with two attached hydrogens (primary N) is 1. The molecule has 8 heteroatoms. The maximum atomic E-state index is 12.0. The second-order valence-corrected chi connectivity index (χ2v) is 14.5. The molecule has 0 aromatic heterocycles. The average Bonchev–Trinajstić information content (AvgIpc) is 2.86. The zero-order valence-corrected chi connectivity index (χ0v) is 23.7. The van der Waals surface area contributed by atoms with Crippen LogP contribution in [0.25, 0.3) is 0 Å². The molecular formula is C28H45N3O4Si. The lowest BCUT2D eigenvalue weighted by molar-refractivity contribution is -0.122. The van der Waals surface area contributed by atoms with E-state index < -0.39 is 14.4 Å². The summed E-state index contributed by atoms with van der Waals surface area (Å²) in [6, 6.07) is 20.7. The molecular weight excluding hydrogens is 470 g/mol. The first-order valence-corrected chi connectivity index (χ1v) is 14.7. The predicted octanol–water partition coefficient (Wildman–Crippen LogP) is 1.99. The summed E-state index contributed by atoms with van der Waals surface area (Å²) < 4.78 is 18.2. The number of nitrogens with zero attached hydrogens (tertiary/aromatic N) is 1. The van der Waals surface area contributed by atoms with Gasteiger partial charge < -0.3 is 29.9 Å². The van der Waals surface area contributed by atoms with E-state index in [1.54, 1.807) is 0 Å². The average molecular weight is 516 g/mol. The van der Waals surface area contributed by atoms with Gasteiger partial charge in [0.1, 0.15) is 0 Å². The molecule has 2 aromatic rings. The van der Waals surface area contributed by atoms with Crippen molar-refractivity contribution in [3.8, 4) is 0 Å². The van der Waals surface area contributed by atoms with Crippen LogP contribution in [0.4, 0.5) is 0 Å². The Morgan fingerprint density at radius 1 is 0.889 bits per heavy atom. The van der Waals surface area contributed by atoms with Gasteiger partial charge in [0, 0.05) is 6.54 Å². The topological polar surface area (TPSA) is 86.1 Å². The Balaban J connectivity index is 1.76. The third kappa shape index (κ3) is 9.10. The van der Waals surface area contributed by atoms with E-state index in [0.717, 1.165) is 6.54 Å². The zero-order valence-electron chi connectivity index (χ0n) is 22.7. The molecule has 2 rings (SSSR count). The number of rotatable bonds is 16. The van der Waals surface area contributed by atoms with E-state index >= 15 is 0 Å². The molecule has 1 atom stereocenters. The minimum atomic E-state index is -2.53. The van der Waals surface area contributed by atoms with Gasteiger partial charge in [-0.3, -0.25) is 4.79 Å². The Bertz CT molecular complexity index is 836. The molecule has 0 aliphatic carbocycles. The van der Waals surface area contributed by atoms with Crippen molar-refractivity contribution in [1.29, 1.82) is 0 Å². The molecule has 0 heterocycles. The largest absolute Gasteiger partial charge is 0.405 e. The first kappa shape index (κ1) is 30.2. The monoisotopic (exact) mass is 515 g/mol. The van der Waals surface area contributed by atoms with E-state index in [4.69, 9.17) is 19.6 Å². The standard InChI is InChI=1S/C28H45N3O4Si/c1-28(2,3)36(24-12-8-6-9-13-24,25-14-10-7-11-15-25)35-23-22-34-21-20-33-19-17-30-27(32)26(29)16-18-31(4)5/h6-15,26H,16-23,29H2,1-5H3,(H,30,32). The zero-order chi connectivity index (χ0) is 26.4. The molecule has 7 nitrogen and oxygen atoms in total. The van der Waals surface area contributed by atoms with Crippen molar-refractivity contribution in [3.05, 3.63) is 60.7 Å². The van der Waals surface area contributed by atoms with Crippen LogP contribution in [0.2, 0.25) is 5.04 Å². The van der Waals surface area contributed by atoms with Crippen LogP contribution in [0.5, 0.6) is 0 Å². The van der Waals surface area contributed by atoms with Gasteiger partial charge in [-0.25, -0.2) is 0 Å². The molecule has 36 heavy (non-hydrogen) atoms. The van der Waals surface area contributed by atoms with Gasteiger partial charge in [-0.05, 0) is 42.5 Å². The van der Waals surface area contributed by atoms with Crippen LogP contribution in [0.1, 0.15) is 27.2 Å². The molecule has 0 spiro atoms. The minimum absolute atomic E-state index is 0.0573. The summed E-state index contributed by atoms with van der Waals surface area (Å²) in [5.41, 5.74) is 5.90. The fraction of sp³-hybridized carbons (Fsp3) is 0.536. The van der Waals surface area contributed by atoms with Crippen LogP contribution in [0.3, 0.4) is 0 Å². The van der Waals surface area contributed by atoms with Gasteiger partial charge >= 0.3 is 0 Å². The maximum absolute atomic E-state index is 12.0. The van der Waals surface area contributed by atoms with Crippen LogP contribution in [0, 0.1) is 0 Å². The quantitative estimate of drug-likeness (QED) is 0.263. The summed E-state index contributed by atoms with van der Waals surface area (Å²) in [5.74, 6) is -0.142. The Morgan fingerprint density at radius 2 is 1.39 bits per heavy atom. The van der Waals surface area contributed by atoms with Gasteiger partial charge in [0.05, 0.1) is 39.1 Å². The lowest BCUT2D eigenvalue weighted by Crippen LogP contribution is -2.66. The number of carbonyl (C=O) groups is 1. The van der Waals surface area contributed by atoms with E-state index in [1.807, 2.05) is 31.1 Å². The second-order valence-electron chi connectivity index (χ2n) is 10.2. The molecule has 0 fully saturated rings. The Morgan fingerprint density at radius 3 is 1.89 bits per heavy atom. The lowest BCUT2D eigenvalue weighted by Gasteiger charge is -2.43. The minimum Gasteiger partial charge on any atom is -0.405 e. The Labute approximate surface area is 218 Å². The van der Waals surface area contributed by atoms with Crippen molar-refractivity contribution >= 4 is 24.6 Å². The smallest absolute Gasteiger partial charge is 0.261 e. The summed E-state index contributed by atoms with van der Waals surface area (Å²) in [4.78, 5) is 14.0. The van der Waals surface area contributed by atoms with Crippen LogP contribution in [0.15, 0.2) is 60.7 Å². The molecule has 0 saturated heterocycles. The van der Waals surface area contributed by atoms with Crippen molar-refractivity contribution in [3.63, 3.8) is 0 Å². The van der Waals surface area contributed by atoms with Crippen molar-refractivity contribution < 1.29 is 18.7 Å². The van der Waals surface area contributed by atoms with Gasteiger partial charge in [0.15, 0.2) is 0 Å². The van der Waals surface area contributed by atoms with Crippen LogP contribution in [-0.4, -0.2) is 85.4 Å². The van der Waals surface area contributed by atoms with Gasteiger partial charge in [-0.2, -0.15) is 0 Å². The number of carbonyl (C=O) groups excluding carboxylic acids is 1. The van der Waals surface area contributed by atoms with Crippen molar-refractivity contribution in [2.45, 2.75) is 38.3 Å². The number of benzene rings is 2. The Hall–Kier alpha value is -2.07. The molecule has 0 saturated carbocycles. The molecule has 2 aromatic carbocycles. The molecule has 0 radical (unpaired) electrons. The summed E-state index contributed by atoms with van der Waals surface area (Å²) in [6.07, 6.45) is 0.628. The summed E-state index contributed by atoms with van der Waals surface area (Å²) in [5, 5.41) is 5.28. The molecule has 0 bridgehead atoms. The van der Waals surface area contributed by atoms with E-state index in [-0.39, 0.29) is 10.9 Å². The third-order valence-corrected chi connectivity index (χ3v) is 11.1. The van der Waals surface area contributed by atoms with E-state index in [1.165, 1.54) is 10.4 Å². The molecule has 1 amide bonds. The van der Waals surface area contributed by atoms with Crippen LogP contribution >= 0.6 is 0 Å². The van der Waals surface area contributed by atoms with E-state index in [2.05, 4.69) is 74.6 Å². The highest BCUT2D eigenvalue weighted by Gasteiger charge is 2.49. The molecule has 0 aliphatic heterocycles. The number of ether oxygens (including phenoxy) is 2. The van der Waals surface area contributed by atoms with Gasteiger partial charge in [-0.15, -0.1) is 0 Å². The van der Waals surface area contributed by atoms with Gasteiger partial charge in [0.25, 0.3) is 8.32 Å². The first-order chi connectivity index (χ1) is 17.2. The summed E-state index contributed by atoms with van der Waals surface area (Å²) in [6.45, 7) is 10.4. The van der Waals surface area contributed by atoms with Crippen molar-refractivity contribution in [1.82, 2.24) is 10.2 Å². The molecule has 200 valence electrons. The number of hydrogen-bond donors (Lipinski definition) is 2. The predicted molar refractivity (Wildman–Crippen MR) is 149 cm³/mol. The fourth-order valence-electron chi connectivity index (χ4n) is 4.24. The number of nitrogens with one attached hydrogen (secondary N) is 1. The second kappa shape index (κ2) is 15.2. The van der Waals surface area contributed by atoms with Gasteiger partial charge in [-0.1, -0.05) is 81.4 Å². The van der Waals surface area contributed by atoms with E-state index in [0.29, 0.717) is 46.0 Å². The SMILES string of the molecule is CN(C)CCC(N)C(=O)NCCOCCOCCO[Si](c1ccccc1)(c1ccccc1)C(C)(C)C. The van der Waals surface area contributed by atoms with Crippen molar-refractivity contribution in [2.24, 2.45) is 5.73 Å². The van der Waals surface area contributed by atoms with E-state index in [9.17, 15) is 4.79 Å². The molecule has 3 N–H and O–H groups in total. The number of amides is 1. The highest BCUT2D eigenvalue weighted by molar-refractivity contribution is 6.99. The maximum Gasteiger partial charge on any atom is 0.261 e. The molecule has 0 aliphatic rings. The number of hydrogen-bond acceptors (Lipinski definition) is 6. The Kier molecular flexibility index (Phi) is 12.8. The highest BCUT2D eigenvalue weighted by Crippen LogP contribution is 2.36. The van der Waals surface area contributed by atoms with Crippen molar-refractivity contribution in [2.75, 3.05) is 60.2 Å². The fourth-order valence-corrected chi connectivity index (χ4v) is 8.79.